The highest BCUT2D eigenvalue weighted by atomic mass is 35.5. The van der Waals surface area contributed by atoms with Crippen LogP contribution in [-0.2, 0) is 6.54 Å². The molecule has 0 amide bonds. The second kappa shape index (κ2) is 6.66. The van der Waals surface area contributed by atoms with Crippen molar-refractivity contribution in [3.8, 4) is 11.5 Å². The molecule has 0 saturated carbocycles. The van der Waals surface area contributed by atoms with Gasteiger partial charge in [-0.15, -0.1) is 0 Å². The molecular formula is C15H22ClNO3. The van der Waals surface area contributed by atoms with E-state index in [1.54, 1.807) is 0 Å². The molecule has 1 aliphatic heterocycles. The summed E-state index contributed by atoms with van der Waals surface area (Å²) in [5, 5.41) is 13.3. The van der Waals surface area contributed by atoms with Crippen LogP contribution in [0, 0.1) is 0 Å². The van der Waals surface area contributed by atoms with E-state index in [0.29, 0.717) is 36.3 Å². The van der Waals surface area contributed by atoms with Gasteiger partial charge in [0.1, 0.15) is 0 Å². The van der Waals surface area contributed by atoms with Crippen LogP contribution in [0.3, 0.4) is 0 Å². The predicted octanol–water partition coefficient (Wildman–Crippen LogP) is 2.75. The molecule has 5 heteroatoms. The molecule has 112 valence electrons. The molecule has 1 heterocycles. The first-order chi connectivity index (χ1) is 9.58. The van der Waals surface area contributed by atoms with Crippen LogP contribution in [0.1, 0.15) is 32.3 Å². The highest BCUT2D eigenvalue weighted by Crippen LogP contribution is 2.38. The third kappa shape index (κ3) is 3.57. The maximum absolute atomic E-state index is 9.41. The summed E-state index contributed by atoms with van der Waals surface area (Å²) in [4.78, 5) is 0. The van der Waals surface area contributed by atoms with Crippen LogP contribution in [0.2, 0.25) is 5.02 Å². The van der Waals surface area contributed by atoms with Gasteiger partial charge in [-0.2, -0.15) is 0 Å². The Hall–Kier alpha value is -0.970. The zero-order valence-corrected chi connectivity index (χ0v) is 12.8. The van der Waals surface area contributed by atoms with Crippen LogP contribution in [0.4, 0.5) is 0 Å². The number of fused-ring (bicyclic) bond motifs is 1. The van der Waals surface area contributed by atoms with Gasteiger partial charge in [-0.3, -0.25) is 0 Å². The first kappa shape index (κ1) is 15.4. The standard InChI is InChI=1S/C15H22ClNO3/c1-3-15(2,10-18)17-9-11-7-12(16)14-13(8-11)19-5-4-6-20-14/h7-8,17-18H,3-6,9-10H2,1-2H3. The molecule has 0 fully saturated rings. The van der Waals surface area contributed by atoms with Crippen molar-refractivity contribution in [2.75, 3.05) is 19.8 Å². The molecule has 2 rings (SSSR count). The molecule has 20 heavy (non-hydrogen) atoms. The van der Waals surface area contributed by atoms with E-state index in [1.165, 1.54) is 0 Å². The summed E-state index contributed by atoms with van der Waals surface area (Å²) in [7, 11) is 0. The van der Waals surface area contributed by atoms with Crippen LogP contribution in [0.25, 0.3) is 0 Å². The fraction of sp³-hybridized carbons (Fsp3) is 0.600. The van der Waals surface area contributed by atoms with Crippen LogP contribution in [0.15, 0.2) is 12.1 Å². The number of halogens is 1. The zero-order valence-electron chi connectivity index (χ0n) is 12.0. The number of aliphatic hydroxyl groups is 1. The third-order valence-corrected chi connectivity index (χ3v) is 3.99. The van der Waals surface area contributed by atoms with E-state index < -0.39 is 0 Å². The Balaban J connectivity index is 2.13. The first-order valence-corrected chi connectivity index (χ1v) is 7.39. The summed E-state index contributed by atoms with van der Waals surface area (Å²) in [5.41, 5.74) is 0.740. The van der Waals surface area contributed by atoms with Gasteiger partial charge in [0.25, 0.3) is 0 Å². The van der Waals surface area contributed by atoms with Crippen molar-refractivity contribution in [2.45, 2.75) is 38.8 Å². The molecule has 1 aromatic carbocycles. The summed E-state index contributed by atoms with van der Waals surface area (Å²) < 4.78 is 11.3. The highest BCUT2D eigenvalue weighted by molar-refractivity contribution is 6.32. The summed E-state index contributed by atoms with van der Waals surface area (Å²) in [6.45, 7) is 6.04. The highest BCUT2D eigenvalue weighted by Gasteiger charge is 2.21. The van der Waals surface area contributed by atoms with Crippen molar-refractivity contribution in [1.29, 1.82) is 0 Å². The minimum atomic E-state index is -0.281. The number of hydrogen-bond donors (Lipinski definition) is 2. The maximum atomic E-state index is 9.41. The average Bonchev–Trinajstić information content (AvgIpc) is 2.70. The SMILES string of the molecule is CCC(C)(CO)NCc1cc(Cl)c2c(c1)OCCCO2. The van der Waals surface area contributed by atoms with Gasteiger partial charge in [-0.1, -0.05) is 18.5 Å². The summed E-state index contributed by atoms with van der Waals surface area (Å²) >= 11 is 6.26. The maximum Gasteiger partial charge on any atom is 0.179 e. The molecule has 1 unspecified atom stereocenters. The lowest BCUT2D eigenvalue weighted by atomic mass is 10.00. The van der Waals surface area contributed by atoms with E-state index in [9.17, 15) is 5.11 Å². The summed E-state index contributed by atoms with van der Waals surface area (Å²) in [6, 6.07) is 3.84. The molecule has 2 N–H and O–H groups in total. The minimum absolute atomic E-state index is 0.0990. The normalized spacial score (nSPS) is 17.4. The molecule has 0 aromatic heterocycles. The van der Waals surface area contributed by atoms with Gasteiger partial charge >= 0.3 is 0 Å². The van der Waals surface area contributed by atoms with Gasteiger partial charge in [0.2, 0.25) is 0 Å². The Bertz CT molecular complexity index is 461. The average molecular weight is 300 g/mol. The van der Waals surface area contributed by atoms with Crippen LogP contribution < -0.4 is 14.8 Å². The van der Waals surface area contributed by atoms with Crippen molar-refractivity contribution >= 4 is 11.6 Å². The number of benzene rings is 1. The quantitative estimate of drug-likeness (QED) is 0.878. The topological polar surface area (TPSA) is 50.7 Å². The number of rotatable bonds is 5. The van der Waals surface area contributed by atoms with Crippen LogP contribution in [0.5, 0.6) is 11.5 Å². The van der Waals surface area contributed by atoms with Gasteiger partial charge in [0.05, 0.1) is 24.8 Å². The first-order valence-electron chi connectivity index (χ1n) is 7.02. The summed E-state index contributed by atoms with van der Waals surface area (Å²) in [6.07, 6.45) is 1.71. The number of nitrogens with one attached hydrogen (secondary N) is 1. The molecule has 1 atom stereocenters. The Morgan fingerprint density at radius 3 is 2.80 bits per heavy atom. The van der Waals surface area contributed by atoms with E-state index in [4.69, 9.17) is 21.1 Å². The van der Waals surface area contributed by atoms with E-state index in [0.717, 1.165) is 18.4 Å². The van der Waals surface area contributed by atoms with Crippen molar-refractivity contribution < 1.29 is 14.6 Å². The Kier molecular flexibility index (Phi) is 5.13. The molecule has 0 aliphatic carbocycles. The molecule has 1 aromatic rings. The molecule has 4 nitrogen and oxygen atoms in total. The Labute approximate surface area is 125 Å². The van der Waals surface area contributed by atoms with Crippen molar-refractivity contribution in [1.82, 2.24) is 5.32 Å². The molecule has 0 spiro atoms. The van der Waals surface area contributed by atoms with E-state index in [1.807, 2.05) is 26.0 Å². The summed E-state index contributed by atoms with van der Waals surface area (Å²) in [5.74, 6) is 1.34. The van der Waals surface area contributed by atoms with Gasteiger partial charge < -0.3 is 19.9 Å². The van der Waals surface area contributed by atoms with Crippen LogP contribution in [-0.4, -0.2) is 30.5 Å². The van der Waals surface area contributed by atoms with Crippen molar-refractivity contribution in [3.05, 3.63) is 22.7 Å². The number of aliphatic hydroxyl groups excluding tert-OH is 1. The van der Waals surface area contributed by atoms with E-state index in [2.05, 4.69) is 5.32 Å². The minimum Gasteiger partial charge on any atom is -0.489 e. The number of hydrogen-bond acceptors (Lipinski definition) is 4. The van der Waals surface area contributed by atoms with Crippen LogP contribution >= 0.6 is 11.6 Å². The van der Waals surface area contributed by atoms with Gasteiger partial charge in [-0.05, 0) is 31.0 Å². The fourth-order valence-electron chi connectivity index (χ4n) is 1.99. The van der Waals surface area contributed by atoms with E-state index in [-0.39, 0.29) is 12.1 Å². The van der Waals surface area contributed by atoms with E-state index >= 15 is 0 Å². The third-order valence-electron chi connectivity index (χ3n) is 3.71. The second-order valence-electron chi connectivity index (χ2n) is 5.38. The van der Waals surface area contributed by atoms with Crippen molar-refractivity contribution in [2.24, 2.45) is 0 Å². The Morgan fingerprint density at radius 2 is 2.10 bits per heavy atom. The number of ether oxygens (including phenoxy) is 2. The molecule has 0 saturated heterocycles. The smallest absolute Gasteiger partial charge is 0.179 e. The lowest BCUT2D eigenvalue weighted by molar-refractivity contribution is 0.169. The molecular weight excluding hydrogens is 278 g/mol. The van der Waals surface area contributed by atoms with Gasteiger partial charge in [0, 0.05) is 18.5 Å². The molecule has 0 bridgehead atoms. The lowest BCUT2D eigenvalue weighted by Crippen LogP contribution is -2.44. The Morgan fingerprint density at radius 1 is 1.35 bits per heavy atom. The monoisotopic (exact) mass is 299 g/mol. The largest absolute Gasteiger partial charge is 0.489 e. The van der Waals surface area contributed by atoms with Crippen molar-refractivity contribution in [3.63, 3.8) is 0 Å². The predicted molar refractivity (Wildman–Crippen MR) is 79.7 cm³/mol. The lowest BCUT2D eigenvalue weighted by Gasteiger charge is -2.27. The molecule has 1 aliphatic rings. The van der Waals surface area contributed by atoms with Gasteiger partial charge in [0.15, 0.2) is 11.5 Å². The van der Waals surface area contributed by atoms with Gasteiger partial charge in [-0.25, -0.2) is 0 Å². The zero-order chi connectivity index (χ0) is 14.6. The second-order valence-corrected chi connectivity index (χ2v) is 5.79. The molecule has 0 radical (unpaired) electrons. The fourth-order valence-corrected chi connectivity index (χ4v) is 2.28.